The molecule has 2 N–H and O–H groups in total. The molecule has 1 heterocycles. The molecule has 1 aromatic heterocycles. The molecule has 0 aliphatic rings. The van der Waals surface area contributed by atoms with Gasteiger partial charge in [0.1, 0.15) is 0 Å². The van der Waals surface area contributed by atoms with E-state index in [0.717, 1.165) is 0 Å². The summed E-state index contributed by atoms with van der Waals surface area (Å²) >= 11 is 0. The summed E-state index contributed by atoms with van der Waals surface area (Å²) in [5.41, 5.74) is 3.47. The zero-order valence-electron chi connectivity index (χ0n) is 12.8. The highest BCUT2D eigenvalue weighted by molar-refractivity contribution is 5.81. The van der Waals surface area contributed by atoms with Gasteiger partial charge in [-0.05, 0) is 0 Å². The van der Waals surface area contributed by atoms with E-state index in [1.807, 2.05) is 6.07 Å². The number of nitrogens with one attached hydrogen (secondary N) is 2. The van der Waals surface area contributed by atoms with Gasteiger partial charge in [0, 0.05) is 23.3 Å². The summed E-state index contributed by atoms with van der Waals surface area (Å²) in [6.07, 6.45) is 1.37. The van der Waals surface area contributed by atoms with Crippen molar-refractivity contribution >= 4 is 17.9 Å². The van der Waals surface area contributed by atoms with Gasteiger partial charge in [0.15, 0.2) is 5.69 Å². The van der Waals surface area contributed by atoms with Gasteiger partial charge < -0.3 is 0 Å². The van der Waals surface area contributed by atoms with E-state index in [9.17, 15) is 14.9 Å². The molecule has 0 atom stereocenters. The molecule has 0 bridgehead atoms. The Bertz CT molecular complexity index is 984. The van der Waals surface area contributed by atoms with Crippen molar-refractivity contribution in [3.8, 4) is 11.3 Å². The molecule has 0 radical (unpaired) electrons. The summed E-state index contributed by atoms with van der Waals surface area (Å²) in [5.74, 6) is 0.0614. The smallest absolute Gasteiger partial charge is 0.279 e. The fourth-order valence-electron chi connectivity index (χ4n) is 2.06. The van der Waals surface area contributed by atoms with Crippen LogP contribution in [0.1, 0.15) is 5.56 Å². The van der Waals surface area contributed by atoms with Crippen LogP contribution in [-0.4, -0.2) is 26.3 Å². The molecular weight excluding hydrogens is 324 g/mol. The van der Waals surface area contributed by atoms with Crippen LogP contribution in [0.2, 0.25) is 0 Å². The van der Waals surface area contributed by atoms with Gasteiger partial charge in [0.05, 0.1) is 11.1 Å². The monoisotopic (exact) mass is 336 g/mol. The first-order chi connectivity index (χ1) is 12.1. The number of benzene rings is 2. The van der Waals surface area contributed by atoms with E-state index in [1.165, 1.54) is 18.3 Å². The zero-order valence-corrected chi connectivity index (χ0v) is 12.8. The van der Waals surface area contributed by atoms with Crippen LogP contribution in [0, 0.1) is 10.1 Å². The molecule has 0 saturated heterocycles. The molecule has 2 aromatic carbocycles. The first-order valence-corrected chi connectivity index (χ1v) is 7.19. The van der Waals surface area contributed by atoms with E-state index in [-0.39, 0.29) is 17.3 Å². The molecule has 0 spiro atoms. The van der Waals surface area contributed by atoms with Crippen molar-refractivity contribution in [1.29, 1.82) is 0 Å². The van der Waals surface area contributed by atoms with Crippen LogP contribution >= 0.6 is 0 Å². The molecule has 25 heavy (non-hydrogen) atoms. The predicted octanol–water partition coefficient (Wildman–Crippen LogP) is 2.19. The van der Waals surface area contributed by atoms with Crippen LogP contribution < -0.4 is 11.0 Å². The SMILES string of the molecule is O=c1[nH]c(N/N=C\c2cccc([N+](=O)[O-])c2)nnc1-c1ccccc1. The molecule has 9 nitrogen and oxygen atoms in total. The third-order valence-electron chi connectivity index (χ3n) is 3.21. The summed E-state index contributed by atoms with van der Waals surface area (Å²) in [4.78, 5) is 24.8. The average molecular weight is 336 g/mol. The fraction of sp³-hybridized carbons (Fsp3) is 0. The van der Waals surface area contributed by atoms with Crippen LogP contribution in [0.5, 0.6) is 0 Å². The molecule has 124 valence electrons. The molecule has 0 aliphatic heterocycles. The van der Waals surface area contributed by atoms with Gasteiger partial charge >= 0.3 is 0 Å². The lowest BCUT2D eigenvalue weighted by atomic mass is 10.2. The highest BCUT2D eigenvalue weighted by Gasteiger charge is 2.07. The topological polar surface area (TPSA) is 126 Å². The van der Waals surface area contributed by atoms with E-state index in [4.69, 9.17) is 0 Å². The number of hydrogen-bond donors (Lipinski definition) is 2. The highest BCUT2D eigenvalue weighted by atomic mass is 16.6. The van der Waals surface area contributed by atoms with E-state index in [1.54, 1.807) is 36.4 Å². The quantitative estimate of drug-likeness (QED) is 0.418. The molecule has 3 rings (SSSR count). The lowest BCUT2D eigenvalue weighted by Gasteiger charge is -2.01. The number of nitro groups is 1. The van der Waals surface area contributed by atoms with E-state index in [2.05, 4.69) is 25.7 Å². The van der Waals surface area contributed by atoms with Crippen molar-refractivity contribution in [2.24, 2.45) is 5.10 Å². The second-order valence-electron chi connectivity index (χ2n) is 4.94. The van der Waals surface area contributed by atoms with E-state index >= 15 is 0 Å². The fourth-order valence-corrected chi connectivity index (χ4v) is 2.06. The van der Waals surface area contributed by atoms with E-state index < -0.39 is 10.5 Å². The maximum absolute atomic E-state index is 12.1. The zero-order chi connectivity index (χ0) is 17.6. The first-order valence-electron chi connectivity index (χ1n) is 7.19. The van der Waals surface area contributed by atoms with Crippen molar-refractivity contribution in [2.75, 3.05) is 5.43 Å². The van der Waals surface area contributed by atoms with Crippen molar-refractivity contribution in [2.45, 2.75) is 0 Å². The minimum atomic E-state index is -0.490. The van der Waals surface area contributed by atoms with Gasteiger partial charge in [-0.3, -0.25) is 19.9 Å². The van der Waals surface area contributed by atoms with Gasteiger partial charge in [-0.1, -0.05) is 42.5 Å². The molecule has 0 fully saturated rings. The summed E-state index contributed by atoms with van der Waals surface area (Å²) in [6.45, 7) is 0. The lowest BCUT2D eigenvalue weighted by molar-refractivity contribution is -0.384. The van der Waals surface area contributed by atoms with E-state index in [0.29, 0.717) is 11.1 Å². The number of hydrazone groups is 1. The van der Waals surface area contributed by atoms with Gasteiger partial charge in [-0.25, -0.2) is 5.43 Å². The van der Waals surface area contributed by atoms with Gasteiger partial charge in [-0.15, -0.1) is 10.2 Å². The van der Waals surface area contributed by atoms with Crippen molar-refractivity contribution < 1.29 is 4.92 Å². The average Bonchev–Trinajstić information content (AvgIpc) is 2.63. The van der Waals surface area contributed by atoms with Crippen LogP contribution in [0.3, 0.4) is 0 Å². The second kappa shape index (κ2) is 7.13. The molecule has 0 saturated carbocycles. The Hall–Kier alpha value is -3.88. The number of nitro benzene ring substituents is 1. The Morgan fingerprint density at radius 2 is 1.92 bits per heavy atom. The van der Waals surface area contributed by atoms with Crippen LogP contribution in [0.15, 0.2) is 64.5 Å². The summed E-state index contributed by atoms with van der Waals surface area (Å²) in [7, 11) is 0. The predicted molar refractivity (Wildman–Crippen MR) is 92.4 cm³/mol. The number of H-pyrrole nitrogens is 1. The second-order valence-corrected chi connectivity index (χ2v) is 4.94. The van der Waals surface area contributed by atoms with Gasteiger partial charge in [0.2, 0.25) is 5.95 Å². The molecular formula is C16H12N6O3. The summed E-state index contributed by atoms with van der Waals surface area (Å²) in [5, 5.41) is 22.4. The Morgan fingerprint density at radius 1 is 1.12 bits per heavy atom. The van der Waals surface area contributed by atoms with Crippen LogP contribution in [0.4, 0.5) is 11.6 Å². The molecule has 9 heteroatoms. The minimum Gasteiger partial charge on any atom is -0.288 e. The maximum Gasteiger partial charge on any atom is 0.279 e. The molecule has 0 amide bonds. The molecule has 3 aromatic rings. The maximum atomic E-state index is 12.1. The molecule has 0 aliphatic carbocycles. The number of anilines is 1. The highest BCUT2D eigenvalue weighted by Crippen LogP contribution is 2.12. The minimum absolute atomic E-state index is 0.0376. The lowest BCUT2D eigenvalue weighted by Crippen LogP contribution is -2.15. The van der Waals surface area contributed by atoms with Gasteiger partial charge in [0.25, 0.3) is 11.2 Å². The number of aromatic amines is 1. The number of rotatable bonds is 5. The summed E-state index contributed by atoms with van der Waals surface area (Å²) in [6, 6.07) is 14.9. The van der Waals surface area contributed by atoms with Crippen molar-refractivity contribution in [3.63, 3.8) is 0 Å². The van der Waals surface area contributed by atoms with Crippen molar-refractivity contribution in [1.82, 2.24) is 15.2 Å². The summed E-state index contributed by atoms with van der Waals surface area (Å²) < 4.78 is 0. The first kappa shape index (κ1) is 16.0. The van der Waals surface area contributed by atoms with Crippen LogP contribution in [0.25, 0.3) is 11.3 Å². The Balaban J connectivity index is 1.74. The number of aromatic nitrogens is 3. The normalized spacial score (nSPS) is 10.7. The third kappa shape index (κ3) is 3.91. The standard InChI is InChI=1S/C16H12N6O3/c23-15-14(12-6-2-1-3-7-12)19-21-16(18-15)20-17-10-11-5-4-8-13(9-11)22(24)25/h1-10H,(H2,18,20,21,23)/b17-10-. The van der Waals surface area contributed by atoms with Gasteiger partial charge in [-0.2, -0.15) is 5.10 Å². The molecule has 0 unspecified atom stereocenters. The largest absolute Gasteiger partial charge is 0.288 e. The Morgan fingerprint density at radius 3 is 2.64 bits per heavy atom. The van der Waals surface area contributed by atoms with Crippen molar-refractivity contribution in [3.05, 3.63) is 80.6 Å². The van der Waals surface area contributed by atoms with Crippen LogP contribution in [-0.2, 0) is 0 Å². The number of non-ortho nitro benzene ring substituents is 1. The third-order valence-corrected chi connectivity index (χ3v) is 3.21. The number of nitrogens with zero attached hydrogens (tertiary/aromatic N) is 4. The number of hydrogen-bond acceptors (Lipinski definition) is 7. The Kier molecular flexibility index (Phi) is 4.56. The Labute approximate surface area is 141 Å².